The van der Waals surface area contributed by atoms with E-state index in [2.05, 4.69) is 0 Å². The van der Waals surface area contributed by atoms with E-state index in [4.69, 9.17) is 13.7 Å². The lowest BCUT2D eigenvalue weighted by Crippen LogP contribution is -2.10. The smallest absolute Gasteiger partial charge is 0.339 e. The Morgan fingerprint density at radius 3 is 2.24 bits per heavy atom. The average molecular weight is 310 g/mol. The van der Waals surface area contributed by atoms with Crippen molar-refractivity contribution in [3.05, 3.63) is 42.5 Å². The summed E-state index contributed by atoms with van der Waals surface area (Å²) < 4.78 is 39.3. The van der Waals surface area contributed by atoms with Crippen molar-refractivity contribution in [2.75, 3.05) is 14.2 Å². The number of methoxy groups -OCH3 is 2. The van der Waals surface area contributed by atoms with Gasteiger partial charge in [0.1, 0.15) is 10.6 Å². The molecule has 0 fully saturated rings. The number of rotatable bonds is 5. The third-order valence-corrected chi connectivity index (χ3v) is 3.93. The molecule has 6 nitrogen and oxygen atoms in total. The summed E-state index contributed by atoms with van der Waals surface area (Å²) in [7, 11) is -1.35. The number of aromatic hydroxyl groups is 1. The molecule has 0 unspecified atom stereocenters. The van der Waals surface area contributed by atoms with E-state index in [1.807, 2.05) is 0 Å². The van der Waals surface area contributed by atoms with Crippen LogP contribution in [-0.2, 0) is 10.1 Å². The van der Waals surface area contributed by atoms with Crippen LogP contribution in [0.1, 0.15) is 0 Å². The Balaban J connectivity index is 2.46. The Morgan fingerprint density at radius 1 is 1.00 bits per heavy atom. The van der Waals surface area contributed by atoms with Gasteiger partial charge < -0.3 is 18.8 Å². The number of phenolic OH excluding ortho intramolecular Hbond substituents is 1. The zero-order valence-corrected chi connectivity index (χ0v) is 12.3. The number of ether oxygens (including phenoxy) is 2. The largest absolute Gasteiger partial charge is 0.504 e. The van der Waals surface area contributed by atoms with Crippen molar-refractivity contribution < 1.29 is 27.2 Å². The quantitative estimate of drug-likeness (QED) is 0.852. The summed E-state index contributed by atoms with van der Waals surface area (Å²) in [5.41, 5.74) is 0. The van der Waals surface area contributed by atoms with Gasteiger partial charge in [0.05, 0.1) is 14.2 Å². The van der Waals surface area contributed by atoms with Gasteiger partial charge in [-0.3, -0.25) is 0 Å². The molecule has 2 rings (SSSR count). The van der Waals surface area contributed by atoms with Gasteiger partial charge >= 0.3 is 10.1 Å². The van der Waals surface area contributed by atoms with Crippen LogP contribution in [0.25, 0.3) is 0 Å². The molecule has 0 aliphatic rings. The molecule has 0 bridgehead atoms. The maximum absolute atomic E-state index is 12.2. The monoisotopic (exact) mass is 310 g/mol. The Morgan fingerprint density at radius 2 is 1.67 bits per heavy atom. The van der Waals surface area contributed by atoms with Crippen LogP contribution in [-0.4, -0.2) is 27.7 Å². The molecule has 0 aromatic heterocycles. The molecule has 112 valence electrons. The zero-order chi connectivity index (χ0) is 15.5. The molecule has 0 atom stereocenters. The van der Waals surface area contributed by atoms with Gasteiger partial charge in [0, 0.05) is 12.1 Å². The zero-order valence-electron chi connectivity index (χ0n) is 11.4. The fourth-order valence-electron chi connectivity index (χ4n) is 1.70. The van der Waals surface area contributed by atoms with E-state index in [0.29, 0.717) is 0 Å². The summed E-state index contributed by atoms with van der Waals surface area (Å²) in [5.74, 6) is -0.282. The second kappa shape index (κ2) is 5.92. The molecule has 0 saturated carbocycles. The third kappa shape index (κ3) is 3.19. The van der Waals surface area contributed by atoms with Crippen LogP contribution in [0.4, 0.5) is 0 Å². The molecule has 0 radical (unpaired) electrons. The van der Waals surface area contributed by atoms with Crippen LogP contribution in [0.15, 0.2) is 47.4 Å². The van der Waals surface area contributed by atoms with Crippen LogP contribution in [0.2, 0.25) is 0 Å². The maximum atomic E-state index is 12.2. The van der Waals surface area contributed by atoms with Crippen LogP contribution in [0.5, 0.6) is 23.0 Å². The summed E-state index contributed by atoms with van der Waals surface area (Å²) in [5, 5.41) is 9.79. The highest BCUT2D eigenvalue weighted by Crippen LogP contribution is 2.41. The van der Waals surface area contributed by atoms with Crippen LogP contribution in [0.3, 0.4) is 0 Å². The summed E-state index contributed by atoms with van der Waals surface area (Å²) in [4.78, 5) is -0.00522. The molecular weight excluding hydrogens is 296 g/mol. The normalized spacial score (nSPS) is 11.0. The van der Waals surface area contributed by atoms with Crippen molar-refractivity contribution in [2.24, 2.45) is 0 Å². The molecule has 2 aromatic carbocycles. The SMILES string of the molecule is COc1cc(O)c(OC)c(OS(=O)(=O)c2ccccc2)c1. The van der Waals surface area contributed by atoms with Gasteiger partial charge in [0.15, 0.2) is 11.5 Å². The lowest BCUT2D eigenvalue weighted by Gasteiger charge is -2.13. The first-order valence-electron chi connectivity index (χ1n) is 5.92. The summed E-state index contributed by atoms with van der Waals surface area (Å²) in [6.07, 6.45) is 0. The van der Waals surface area contributed by atoms with E-state index in [0.717, 1.165) is 0 Å². The lowest BCUT2D eigenvalue weighted by molar-refractivity contribution is 0.350. The molecular formula is C14H14O6S. The van der Waals surface area contributed by atoms with Crippen molar-refractivity contribution in [1.29, 1.82) is 0 Å². The molecule has 0 saturated heterocycles. The Hall–Kier alpha value is -2.41. The fraction of sp³-hybridized carbons (Fsp3) is 0.143. The number of phenols is 1. The number of hydrogen-bond donors (Lipinski definition) is 1. The number of benzene rings is 2. The van der Waals surface area contributed by atoms with Gasteiger partial charge in [-0.25, -0.2) is 0 Å². The van der Waals surface area contributed by atoms with Crippen molar-refractivity contribution in [3.8, 4) is 23.0 Å². The fourth-order valence-corrected chi connectivity index (χ4v) is 2.65. The standard InChI is InChI=1S/C14H14O6S/c1-18-10-8-12(15)14(19-2)13(9-10)20-21(16,17)11-6-4-3-5-7-11/h3-9,15H,1-2H3. The summed E-state index contributed by atoms with van der Waals surface area (Å²) >= 11 is 0. The first kappa shape index (κ1) is 15.0. The van der Waals surface area contributed by atoms with Crippen molar-refractivity contribution >= 4 is 10.1 Å². The minimum absolute atomic E-state index is 0.00522. The van der Waals surface area contributed by atoms with Crippen LogP contribution >= 0.6 is 0 Å². The van der Waals surface area contributed by atoms with Gasteiger partial charge in [-0.1, -0.05) is 18.2 Å². The van der Waals surface area contributed by atoms with E-state index in [9.17, 15) is 13.5 Å². The average Bonchev–Trinajstić information content (AvgIpc) is 2.47. The van der Waals surface area contributed by atoms with Crippen LogP contribution in [0, 0.1) is 0 Å². The van der Waals surface area contributed by atoms with E-state index < -0.39 is 10.1 Å². The Bertz CT molecular complexity index is 725. The topological polar surface area (TPSA) is 82.1 Å². The van der Waals surface area contributed by atoms with Gasteiger partial charge in [0.25, 0.3) is 0 Å². The first-order valence-corrected chi connectivity index (χ1v) is 7.33. The minimum Gasteiger partial charge on any atom is -0.504 e. The highest BCUT2D eigenvalue weighted by molar-refractivity contribution is 7.87. The van der Waals surface area contributed by atoms with E-state index in [1.54, 1.807) is 18.2 Å². The first-order chi connectivity index (χ1) is 9.97. The van der Waals surface area contributed by atoms with E-state index in [-0.39, 0.29) is 27.9 Å². The predicted octanol–water partition coefficient (Wildman–Crippen LogP) is 2.18. The minimum atomic E-state index is -4.03. The molecule has 2 aromatic rings. The maximum Gasteiger partial charge on any atom is 0.339 e. The molecule has 7 heteroatoms. The third-order valence-electron chi connectivity index (χ3n) is 2.68. The molecule has 0 amide bonds. The molecule has 1 N–H and O–H groups in total. The number of hydrogen-bond acceptors (Lipinski definition) is 6. The highest BCUT2D eigenvalue weighted by Gasteiger charge is 2.21. The van der Waals surface area contributed by atoms with Crippen molar-refractivity contribution in [2.45, 2.75) is 4.90 Å². The molecule has 0 aliphatic carbocycles. The lowest BCUT2D eigenvalue weighted by atomic mass is 10.3. The predicted molar refractivity (Wildman–Crippen MR) is 75.5 cm³/mol. The molecule has 0 heterocycles. The van der Waals surface area contributed by atoms with Crippen LogP contribution < -0.4 is 13.7 Å². The van der Waals surface area contributed by atoms with Crippen molar-refractivity contribution in [1.82, 2.24) is 0 Å². The molecule has 0 spiro atoms. The second-order valence-corrected chi connectivity index (χ2v) is 5.57. The van der Waals surface area contributed by atoms with Crippen molar-refractivity contribution in [3.63, 3.8) is 0 Å². The highest BCUT2D eigenvalue weighted by atomic mass is 32.2. The van der Waals surface area contributed by atoms with Gasteiger partial charge in [-0.05, 0) is 12.1 Å². The van der Waals surface area contributed by atoms with Gasteiger partial charge in [-0.2, -0.15) is 8.42 Å². The second-order valence-electron chi connectivity index (χ2n) is 4.03. The van der Waals surface area contributed by atoms with Gasteiger partial charge in [-0.15, -0.1) is 0 Å². The molecule has 21 heavy (non-hydrogen) atoms. The Kier molecular flexibility index (Phi) is 4.23. The summed E-state index contributed by atoms with van der Waals surface area (Å²) in [6, 6.07) is 10.3. The summed E-state index contributed by atoms with van der Waals surface area (Å²) in [6.45, 7) is 0. The van der Waals surface area contributed by atoms with Gasteiger partial charge in [0.2, 0.25) is 5.75 Å². The van der Waals surface area contributed by atoms with E-state index >= 15 is 0 Å². The Labute approximate surface area is 122 Å². The molecule has 0 aliphatic heterocycles. The van der Waals surface area contributed by atoms with E-state index in [1.165, 1.54) is 38.5 Å².